The lowest BCUT2D eigenvalue weighted by Crippen LogP contribution is -2.39. The van der Waals surface area contributed by atoms with Gasteiger partial charge in [0, 0.05) is 11.9 Å². The highest BCUT2D eigenvalue weighted by Gasteiger charge is 2.16. The van der Waals surface area contributed by atoms with Crippen molar-refractivity contribution < 1.29 is 9.90 Å². The van der Waals surface area contributed by atoms with Crippen LogP contribution >= 0.6 is 0 Å². The number of aryl methyl sites for hydroxylation is 1. The van der Waals surface area contributed by atoms with Crippen molar-refractivity contribution in [2.75, 3.05) is 11.9 Å². The molecule has 0 saturated heterocycles. The summed E-state index contributed by atoms with van der Waals surface area (Å²) in [5.41, 5.74) is 0.946. The van der Waals surface area contributed by atoms with Crippen LogP contribution < -0.4 is 10.6 Å². The molecule has 5 heteroatoms. The van der Waals surface area contributed by atoms with Crippen LogP contribution in [-0.4, -0.2) is 23.2 Å². The molecule has 0 saturated carbocycles. The molecule has 1 aromatic carbocycles. The molecule has 0 radical (unpaired) electrons. The molecule has 1 rings (SSSR count). The lowest BCUT2D eigenvalue weighted by atomic mass is 10.1. The highest BCUT2D eigenvalue weighted by molar-refractivity contribution is 6.06. The number of nitrogens with zero attached hydrogens (tertiary/aromatic N) is 1. The minimum atomic E-state index is -0.592. The number of benzene rings is 1. The molecular formula is C15H19N3O2. The Balaban J connectivity index is 2.81. The number of rotatable bonds is 5. The summed E-state index contributed by atoms with van der Waals surface area (Å²) in [6.45, 7) is 5.29. The van der Waals surface area contributed by atoms with Crippen molar-refractivity contribution in [3.05, 3.63) is 41.6 Å². The van der Waals surface area contributed by atoms with E-state index in [0.29, 0.717) is 5.69 Å². The molecule has 1 amide bonds. The van der Waals surface area contributed by atoms with Crippen LogP contribution in [0.2, 0.25) is 0 Å². The van der Waals surface area contributed by atoms with Gasteiger partial charge in [0.15, 0.2) is 0 Å². The number of carbonyl (C=O) groups is 1. The standard InChI is InChI=1S/C15H19N3O2/c1-11-6-4-5-7-13(11)18-14(20)12(8-16)9-17-15(2,3)10-19/h4-7,9,17,19H,10H2,1-3H3,(H,18,20)/b12-9-. The van der Waals surface area contributed by atoms with Gasteiger partial charge in [-0.15, -0.1) is 0 Å². The van der Waals surface area contributed by atoms with Crippen molar-refractivity contribution >= 4 is 11.6 Å². The molecule has 20 heavy (non-hydrogen) atoms. The molecule has 0 aliphatic heterocycles. The van der Waals surface area contributed by atoms with Crippen molar-refractivity contribution in [1.82, 2.24) is 5.32 Å². The van der Waals surface area contributed by atoms with Gasteiger partial charge < -0.3 is 15.7 Å². The van der Waals surface area contributed by atoms with Crippen LogP contribution in [-0.2, 0) is 4.79 Å². The van der Waals surface area contributed by atoms with Crippen LogP contribution in [0.15, 0.2) is 36.0 Å². The lowest BCUT2D eigenvalue weighted by Gasteiger charge is -2.22. The fourth-order valence-corrected chi connectivity index (χ4v) is 1.36. The van der Waals surface area contributed by atoms with Crippen LogP contribution in [0.25, 0.3) is 0 Å². The summed E-state index contributed by atoms with van der Waals surface area (Å²) >= 11 is 0. The molecule has 5 nitrogen and oxygen atoms in total. The highest BCUT2D eigenvalue weighted by atomic mass is 16.3. The minimum absolute atomic E-state index is 0.0465. The number of para-hydroxylation sites is 1. The Labute approximate surface area is 118 Å². The first-order chi connectivity index (χ1) is 9.39. The minimum Gasteiger partial charge on any atom is -0.394 e. The fraction of sp³-hybridized carbons (Fsp3) is 0.333. The maximum atomic E-state index is 12.0. The summed E-state index contributed by atoms with van der Waals surface area (Å²) in [6.07, 6.45) is 1.32. The smallest absolute Gasteiger partial charge is 0.267 e. The van der Waals surface area contributed by atoms with E-state index in [1.807, 2.05) is 31.2 Å². The van der Waals surface area contributed by atoms with Crippen LogP contribution in [0.5, 0.6) is 0 Å². The molecule has 0 bridgehead atoms. The Morgan fingerprint density at radius 3 is 2.65 bits per heavy atom. The first-order valence-corrected chi connectivity index (χ1v) is 6.25. The molecule has 0 heterocycles. The van der Waals surface area contributed by atoms with Gasteiger partial charge in [0.2, 0.25) is 0 Å². The molecule has 0 aliphatic carbocycles. The van der Waals surface area contributed by atoms with E-state index in [2.05, 4.69) is 10.6 Å². The molecular weight excluding hydrogens is 254 g/mol. The van der Waals surface area contributed by atoms with Crippen molar-refractivity contribution in [2.45, 2.75) is 26.3 Å². The molecule has 0 unspecified atom stereocenters. The topological polar surface area (TPSA) is 85.2 Å². The number of nitriles is 1. The predicted molar refractivity (Wildman–Crippen MR) is 77.8 cm³/mol. The molecule has 0 spiro atoms. The van der Waals surface area contributed by atoms with Gasteiger partial charge in [0.05, 0.1) is 12.1 Å². The SMILES string of the molecule is Cc1ccccc1NC(=O)/C(C#N)=C\NC(C)(C)CO. The van der Waals surface area contributed by atoms with Crippen molar-refractivity contribution in [3.63, 3.8) is 0 Å². The Morgan fingerprint density at radius 2 is 2.10 bits per heavy atom. The van der Waals surface area contributed by atoms with E-state index in [-0.39, 0.29) is 12.2 Å². The number of amides is 1. The van der Waals surface area contributed by atoms with E-state index in [9.17, 15) is 4.79 Å². The second kappa shape index (κ2) is 6.73. The summed E-state index contributed by atoms with van der Waals surface area (Å²) in [5, 5.41) is 23.7. The van der Waals surface area contributed by atoms with E-state index < -0.39 is 11.4 Å². The van der Waals surface area contributed by atoms with Crippen LogP contribution in [0.1, 0.15) is 19.4 Å². The largest absolute Gasteiger partial charge is 0.394 e. The molecule has 0 atom stereocenters. The molecule has 0 fully saturated rings. The van der Waals surface area contributed by atoms with Gasteiger partial charge in [-0.2, -0.15) is 5.26 Å². The van der Waals surface area contributed by atoms with Gasteiger partial charge in [-0.25, -0.2) is 0 Å². The second-order valence-corrected chi connectivity index (χ2v) is 5.13. The number of nitrogens with one attached hydrogen (secondary N) is 2. The van der Waals surface area contributed by atoms with Gasteiger partial charge in [-0.3, -0.25) is 4.79 Å². The second-order valence-electron chi connectivity index (χ2n) is 5.13. The number of aliphatic hydroxyl groups excluding tert-OH is 1. The van der Waals surface area contributed by atoms with Crippen LogP contribution in [0.4, 0.5) is 5.69 Å². The number of aliphatic hydroxyl groups is 1. The van der Waals surface area contributed by atoms with E-state index in [1.165, 1.54) is 6.20 Å². The van der Waals surface area contributed by atoms with E-state index in [4.69, 9.17) is 10.4 Å². The van der Waals surface area contributed by atoms with E-state index in [0.717, 1.165) is 5.56 Å². The normalized spacial score (nSPS) is 11.7. The third kappa shape index (κ3) is 4.41. The zero-order valence-electron chi connectivity index (χ0n) is 11.9. The summed E-state index contributed by atoms with van der Waals surface area (Å²) in [7, 11) is 0. The third-order valence-electron chi connectivity index (χ3n) is 2.76. The number of hydrogen-bond acceptors (Lipinski definition) is 4. The van der Waals surface area contributed by atoms with Gasteiger partial charge in [-0.1, -0.05) is 18.2 Å². The summed E-state index contributed by atoms with van der Waals surface area (Å²) < 4.78 is 0. The maximum absolute atomic E-state index is 12.0. The number of hydrogen-bond donors (Lipinski definition) is 3. The Kier molecular flexibility index (Phi) is 5.30. The van der Waals surface area contributed by atoms with Crippen LogP contribution in [0, 0.1) is 18.3 Å². The Morgan fingerprint density at radius 1 is 1.45 bits per heavy atom. The van der Waals surface area contributed by atoms with E-state index in [1.54, 1.807) is 19.9 Å². The maximum Gasteiger partial charge on any atom is 0.267 e. The van der Waals surface area contributed by atoms with Crippen molar-refractivity contribution in [3.8, 4) is 6.07 Å². The highest BCUT2D eigenvalue weighted by Crippen LogP contribution is 2.14. The average Bonchev–Trinajstić information content (AvgIpc) is 2.42. The predicted octanol–water partition coefficient (Wildman–Crippen LogP) is 1.70. The Hall–Kier alpha value is -2.32. The zero-order chi connectivity index (χ0) is 15.2. The zero-order valence-corrected chi connectivity index (χ0v) is 11.9. The van der Waals surface area contributed by atoms with E-state index >= 15 is 0 Å². The first kappa shape index (κ1) is 15.7. The molecule has 106 valence electrons. The van der Waals surface area contributed by atoms with Gasteiger partial charge >= 0.3 is 0 Å². The van der Waals surface area contributed by atoms with Gasteiger partial charge in [0.1, 0.15) is 11.6 Å². The summed E-state index contributed by atoms with van der Waals surface area (Å²) in [5.74, 6) is -0.483. The van der Waals surface area contributed by atoms with Crippen LogP contribution in [0.3, 0.4) is 0 Å². The molecule has 0 aliphatic rings. The van der Waals surface area contributed by atoms with Crippen molar-refractivity contribution in [2.24, 2.45) is 0 Å². The average molecular weight is 273 g/mol. The molecule has 0 aromatic heterocycles. The lowest BCUT2D eigenvalue weighted by molar-refractivity contribution is -0.112. The third-order valence-corrected chi connectivity index (χ3v) is 2.76. The first-order valence-electron chi connectivity index (χ1n) is 6.25. The molecule has 3 N–H and O–H groups in total. The fourth-order valence-electron chi connectivity index (χ4n) is 1.36. The van der Waals surface area contributed by atoms with Crippen molar-refractivity contribution in [1.29, 1.82) is 5.26 Å². The number of anilines is 1. The number of carbonyl (C=O) groups excluding carboxylic acids is 1. The molecule has 1 aromatic rings. The summed E-state index contributed by atoms with van der Waals surface area (Å²) in [6, 6.07) is 9.17. The quantitative estimate of drug-likeness (QED) is 0.563. The Bertz CT molecular complexity index is 556. The van der Waals surface area contributed by atoms with Gasteiger partial charge in [0.25, 0.3) is 5.91 Å². The van der Waals surface area contributed by atoms with Gasteiger partial charge in [-0.05, 0) is 32.4 Å². The monoisotopic (exact) mass is 273 g/mol. The summed E-state index contributed by atoms with van der Waals surface area (Å²) in [4.78, 5) is 12.0.